The number of hydrogen-bond acceptors (Lipinski definition) is 2. The molecule has 0 aliphatic heterocycles. The maximum atomic E-state index is 12.6. The lowest BCUT2D eigenvalue weighted by Gasteiger charge is -2.27. The third-order valence-electron chi connectivity index (χ3n) is 4.67. The minimum atomic E-state index is -0.134. The van der Waals surface area contributed by atoms with Crippen LogP contribution in [0.25, 0.3) is 0 Å². The van der Waals surface area contributed by atoms with Crippen molar-refractivity contribution in [2.75, 3.05) is 0 Å². The molecule has 0 heterocycles. The fourth-order valence-electron chi connectivity index (χ4n) is 3.28. The van der Waals surface area contributed by atoms with E-state index in [1.54, 1.807) is 4.90 Å². The molecule has 1 aliphatic rings. The number of benzene rings is 1. The Balaban J connectivity index is 1.88. The van der Waals surface area contributed by atoms with Gasteiger partial charge in [0.15, 0.2) is 0 Å². The second-order valence-corrected chi connectivity index (χ2v) is 7.03. The second kappa shape index (κ2) is 9.45. The number of nitrogens with one attached hydrogen (secondary N) is 1. The summed E-state index contributed by atoms with van der Waals surface area (Å²) in [6.07, 6.45) is 6.88. The average Bonchev–Trinajstić information content (AvgIpc) is 2.81. The highest BCUT2D eigenvalue weighted by atomic mass is 16.2. The molecule has 0 atom stereocenters. The van der Waals surface area contributed by atoms with Crippen LogP contribution in [0.5, 0.6) is 0 Å². The summed E-state index contributed by atoms with van der Waals surface area (Å²) in [6, 6.07) is 10.2. The minimum Gasteiger partial charge on any atom is -0.353 e. The van der Waals surface area contributed by atoms with Crippen molar-refractivity contribution in [2.24, 2.45) is 0 Å². The monoisotopic (exact) mass is 330 g/mol. The standard InChI is InChI=1S/C20H30N2O2/c1-16(2)22(15-17-10-6-5-7-11-17)20(24)14-19(23)21-18-12-8-3-4-9-13-18/h5-7,10-11,16,18H,3-4,8-9,12-15H2,1-2H3,(H,21,23). The normalized spacial score (nSPS) is 15.8. The molecule has 0 saturated heterocycles. The molecule has 0 spiro atoms. The van der Waals surface area contributed by atoms with Gasteiger partial charge in [-0.25, -0.2) is 0 Å². The summed E-state index contributed by atoms with van der Waals surface area (Å²) >= 11 is 0. The van der Waals surface area contributed by atoms with Crippen LogP contribution in [0, 0.1) is 0 Å². The molecule has 4 nitrogen and oxygen atoms in total. The average molecular weight is 330 g/mol. The lowest BCUT2D eigenvalue weighted by atomic mass is 10.1. The van der Waals surface area contributed by atoms with Crippen LogP contribution >= 0.6 is 0 Å². The maximum Gasteiger partial charge on any atom is 0.232 e. The smallest absolute Gasteiger partial charge is 0.232 e. The highest BCUT2D eigenvalue weighted by molar-refractivity contribution is 5.97. The largest absolute Gasteiger partial charge is 0.353 e. The zero-order valence-electron chi connectivity index (χ0n) is 15.0. The van der Waals surface area contributed by atoms with E-state index >= 15 is 0 Å². The van der Waals surface area contributed by atoms with Crippen LogP contribution in [-0.4, -0.2) is 28.8 Å². The molecule has 4 heteroatoms. The van der Waals surface area contributed by atoms with Gasteiger partial charge in [-0.05, 0) is 32.3 Å². The molecule has 0 radical (unpaired) electrons. The van der Waals surface area contributed by atoms with E-state index in [1.165, 1.54) is 25.7 Å². The first-order valence-electron chi connectivity index (χ1n) is 9.19. The van der Waals surface area contributed by atoms with Crippen LogP contribution in [0.1, 0.15) is 64.4 Å². The van der Waals surface area contributed by atoms with Gasteiger partial charge in [-0.1, -0.05) is 56.0 Å². The quantitative estimate of drug-likeness (QED) is 0.639. The second-order valence-electron chi connectivity index (χ2n) is 7.03. The SMILES string of the molecule is CC(C)N(Cc1ccccc1)C(=O)CC(=O)NC1CCCCCC1. The highest BCUT2D eigenvalue weighted by Gasteiger charge is 2.22. The fourth-order valence-corrected chi connectivity index (χ4v) is 3.28. The van der Waals surface area contributed by atoms with Crippen LogP contribution < -0.4 is 5.32 Å². The molecule has 132 valence electrons. The Morgan fingerprint density at radius 2 is 1.71 bits per heavy atom. The zero-order valence-corrected chi connectivity index (χ0v) is 15.0. The van der Waals surface area contributed by atoms with E-state index in [1.807, 2.05) is 44.2 Å². The van der Waals surface area contributed by atoms with Gasteiger partial charge in [0, 0.05) is 18.6 Å². The number of amides is 2. The molecule has 0 unspecified atom stereocenters. The Morgan fingerprint density at radius 3 is 2.29 bits per heavy atom. The number of nitrogens with zero attached hydrogens (tertiary/aromatic N) is 1. The molecule has 1 fully saturated rings. The molecule has 1 saturated carbocycles. The summed E-state index contributed by atoms with van der Waals surface area (Å²) in [5.41, 5.74) is 1.09. The van der Waals surface area contributed by atoms with Crippen molar-refractivity contribution in [1.82, 2.24) is 10.2 Å². The molecule has 1 aromatic rings. The molecule has 2 amide bonds. The zero-order chi connectivity index (χ0) is 17.4. The van der Waals surface area contributed by atoms with Gasteiger partial charge in [0.25, 0.3) is 0 Å². The van der Waals surface area contributed by atoms with Crippen molar-refractivity contribution in [1.29, 1.82) is 0 Å². The van der Waals surface area contributed by atoms with Crippen LogP contribution in [0.2, 0.25) is 0 Å². The molecule has 1 N–H and O–H groups in total. The summed E-state index contributed by atoms with van der Waals surface area (Å²) in [4.78, 5) is 26.6. The van der Waals surface area contributed by atoms with Crippen molar-refractivity contribution in [2.45, 2.75) is 77.4 Å². The minimum absolute atomic E-state index is 0.0541. The van der Waals surface area contributed by atoms with E-state index in [2.05, 4.69) is 5.32 Å². The number of hydrogen-bond donors (Lipinski definition) is 1. The van der Waals surface area contributed by atoms with Crippen molar-refractivity contribution in [3.63, 3.8) is 0 Å². The highest BCUT2D eigenvalue weighted by Crippen LogP contribution is 2.17. The van der Waals surface area contributed by atoms with E-state index in [4.69, 9.17) is 0 Å². The first kappa shape index (κ1) is 18.5. The van der Waals surface area contributed by atoms with Crippen molar-refractivity contribution < 1.29 is 9.59 Å². The van der Waals surface area contributed by atoms with Crippen LogP contribution in [0.3, 0.4) is 0 Å². The Labute approximate surface area is 145 Å². The molecular formula is C20H30N2O2. The Bertz CT molecular complexity index is 520. The topological polar surface area (TPSA) is 49.4 Å². The van der Waals surface area contributed by atoms with E-state index in [0.717, 1.165) is 18.4 Å². The van der Waals surface area contributed by atoms with Gasteiger partial charge in [0.2, 0.25) is 11.8 Å². The van der Waals surface area contributed by atoms with E-state index in [9.17, 15) is 9.59 Å². The lowest BCUT2D eigenvalue weighted by molar-refractivity contribution is -0.138. The molecule has 1 aliphatic carbocycles. The van der Waals surface area contributed by atoms with Gasteiger partial charge < -0.3 is 10.2 Å². The fraction of sp³-hybridized carbons (Fsp3) is 0.600. The molecule has 1 aromatic carbocycles. The van der Waals surface area contributed by atoms with Crippen LogP contribution in [0.15, 0.2) is 30.3 Å². The first-order chi connectivity index (χ1) is 11.6. The predicted octanol–water partition coefficient (Wildman–Crippen LogP) is 3.65. The molecule has 2 rings (SSSR count). The Morgan fingerprint density at radius 1 is 1.08 bits per heavy atom. The van der Waals surface area contributed by atoms with Gasteiger partial charge >= 0.3 is 0 Å². The summed E-state index contributed by atoms with van der Waals surface area (Å²) in [7, 11) is 0. The van der Waals surface area contributed by atoms with Gasteiger partial charge in [-0.3, -0.25) is 9.59 Å². The number of carbonyl (C=O) groups excluding carboxylic acids is 2. The molecule has 0 aromatic heterocycles. The van der Waals surface area contributed by atoms with E-state index in [0.29, 0.717) is 6.54 Å². The first-order valence-corrected chi connectivity index (χ1v) is 9.19. The summed E-state index contributed by atoms with van der Waals surface area (Å²) in [5.74, 6) is -0.231. The number of carbonyl (C=O) groups is 2. The third-order valence-corrected chi connectivity index (χ3v) is 4.67. The number of rotatable bonds is 6. The predicted molar refractivity (Wildman–Crippen MR) is 96.4 cm³/mol. The van der Waals surface area contributed by atoms with E-state index in [-0.39, 0.29) is 30.3 Å². The van der Waals surface area contributed by atoms with Crippen molar-refractivity contribution >= 4 is 11.8 Å². The summed E-state index contributed by atoms with van der Waals surface area (Å²) < 4.78 is 0. The van der Waals surface area contributed by atoms with Gasteiger partial charge in [-0.15, -0.1) is 0 Å². The molecule has 0 bridgehead atoms. The summed E-state index contributed by atoms with van der Waals surface area (Å²) in [6.45, 7) is 4.53. The molecular weight excluding hydrogens is 300 g/mol. The van der Waals surface area contributed by atoms with E-state index < -0.39 is 0 Å². The van der Waals surface area contributed by atoms with Gasteiger partial charge in [0.05, 0.1) is 0 Å². The van der Waals surface area contributed by atoms with Gasteiger partial charge in [0.1, 0.15) is 6.42 Å². The van der Waals surface area contributed by atoms with Crippen LogP contribution in [-0.2, 0) is 16.1 Å². The Hall–Kier alpha value is -1.84. The maximum absolute atomic E-state index is 12.6. The van der Waals surface area contributed by atoms with Crippen LogP contribution in [0.4, 0.5) is 0 Å². The van der Waals surface area contributed by atoms with Crippen molar-refractivity contribution in [3.05, 3.63) is 35.9 Å². The lowest BCUT2D eigenvalue weighted by Crippen LogP contribution is -2.41. The Kier molecular flexibility index (Phi) is 7.29. The molecule has 24 heavy (non-hydrogen) atoms. The third kappa shape index (κ3) is 5.99. The van der Waals surface area contributed by atoms with Crippen molar-refractivity contribution in [3.8, 4) is 0 Å². The summed E-state index contributed by atoms with van der Waals surface area (Å²) in [5, 5.41) is 3.06. The van der Waals surface area contributed by atoms with Gasteiger partial charge in [-0.2, -0.15) is 0 Å².